The Balaban J connectivity index is 1.48. The molecule has 1 atom stereocenters. The van der Waals surface area contributed by atoms with Gasteiger partial charge in [0.1, 0.15) is 18.1 Å². The predicted octanol–water partition coefficient (Wildman–Crippen LogP) is 6.47. The molecule has 10 heteroatoms. The molecule has 0 bridgehead atoms. The van der Waals surface area contributed by atoms with Crippen LogP contribution in [0.15, 0.2) is 87.8 Å². The third kappa shape index (κ3) is 6.88. The molecule has 0 aliphatic carbocycles. The van der Waals surface area contributed by atoms with Crippen molar-refractivity contribution in [3.8, 4) is 11.5 Å². The largest absolute Gasteiger partial charge is 0.494 e. The number of aromatic nitrogens is 1. The minimum atomic E-state index is -0.697. The van der Waals surface area contributed by atoms with Crippen molar-refractivity contribution in [3.05, 3.63) is 124 Å². The summed E-state index contributed by atoms with van der Waals surface area (Å²) in [6.45, 7) is 8.13. The summed E-state index contributed by atoms with van der Waals surface area (Å²) in [5.74, 6) is 0.875. The summed E-state index contributed by atoms with van der Waals surface area (Å²) in [4.78, 5) is 32.3. The van der Waals surface area contributed by atoms with E-state index in [9.17, 15) is 9.59 Å². The summed E-state index contributed by atoms with van der Waals surface area (Å²) in [5, 5.41) is 0.969. The maximum absolute atomic E-state index is 13.9. The lowest BCUT2D eigenvalue weighted by molar-refractivity contribution is -0.143. The first-order valence-electron chi connectivity index (χ1n) is 13.8. The molecule has 0 amide bonds. The van der Waals surface area contributed by atoms with Crippen LogP contribution >= 0.6 is 34.5 Å². The molecule has 4 aromatic rings. The lowest BCUT2D eigenvalue weighted by Gasteiger charge is -2.25. The fraction of sp³-hybridized carbons (Fsp3) is 0.242. The Kier molecular flexibility index (Phi) is 9.40. The van der Waals surface area contributed by atoms with Crippen LogP contribution in [0.3, 0.4) is 0 Å². The van der Waals surface area contributed by atoms with Gasteiger partial charge in [0.05, 0.1) is 44.6 Å². The maximum Gasteiger partial charge on any atom is 0.338 e. The van der Waals surface area contributed by atoms with Gasteiger partial charge in [-0.05, 0) is 86.9 Å². The lowest BCUT2D eigenvalue weighted by atomic mass is 9.96. The quantitative estimate of drug-likeness (QED) is 0.197. The first kappa shape index (κ1) is 30.6. The van der Waals surface area contributed by atoms with Crippen molar-refractivity contribution < 1.29 is 19.0 Å². The van der Waals surface area contributed by atoms with Gasteiger partial charge in [-0.15, -0.1) is 0 Å². The third-order valence-corrected chi connectivity index (χ3v) is 8.38. The predicted molar refractivity (Wildman–Crippen MR) is 170 cm³/mol. The summed E-state index contributed by atoms with van der Waals surface area (Å²) < 4.78 is 19.1. The number of halogens is 2. The highest BCUT2D eigenvalue weighted by Crippen LogP contribution is 2.32. The second kappa shape index (κ2) is 13.2. The van der Waals surface area contributed by atoms with E-state index in [4.69, 9.17) is 37.4 Å². The van der Waals surface area contributed by atoms with Crippen molar-refractivity contribution in [2.45, 2.75) is 46.4 Å². The molecule has 3 aromatic carbocycles. The Hall–Kier alpha value is -3.85. The average molecular weight is 638 g/mol. The zero-order chi connectivity index (χ0) is 30.7. The summed E-state index contributed by atoms with van der Waals surface area (Å²) in [5.41, 5.74) is 3.07. The number of hydrogen-bond acceptors (Lipinski definition) is 7. The second-order valence-electron chi connectivity index (χ2n) is 10.1. The van der Waals surface area contributed by atoms with Crippen molar-refractivity contribution in [1.82, 2.24) is 4.57 Å². The Bertz CT molecular complexity index is 1860. The highest BCUT2D eigenvalue weighted by Gasteiger charge is 2.33. The number of nitrogens with zero attached hydrogens (tertiary/aromatic N) is 2. The van der Waals surface area contributed by atoms with E-state index in [0.29, 0.717) is 55.4 Å². The molecule has 7 nitrogen and oxygen atoms in total. The molecule has 0 unspecified atom stereocenters. The molecule has 0 fully saturated rings. The highest BCUT2D eigenvalue weighted by molar-refractivity contribution is 7.07. The average Bonchev–Trinajstić information content (AvgIpc) is 3.27. The number of rotatable bonds is 9. The SMILES string of the molecule is CCOc1ccc([C@@H]2C(C(=O)OC(C)C)=C(C)N=c3s/c(=C/c4ccc(OCc5ccc(Cl)c(Cl)c5)cc4)c(=O)n32)cc1. The van der Waals surface area contributed by atoms with Crippen LogP contribution in [0.2, 0.25) is 10.0 Å². The van der Waals surface area contributed by atoms with Gasteiger partial charge >= 0.3 is 5.97 Å². The fourth-order valence-corrected chi connectivity index (χ4v) is 6.06. The number of benzene rings is 3. The standard InChI is InChI=1S/C33H30Cl2N2O5S/c1-5-40-24-13-9-23(10-14-24)30-29(32(39)42-19(2)3)20(4)36-33-37(30)31(38)28(43-33)17-21-6-11-25(12-7-21)41-18-22-8-15-26(34)27(35)16-22/h6-17,19,30H,5,18H2,1-4H3/b28-17+/t30-/m1/s1. The molecule has 0 radical (unpaired) electrons. The molecule has 5 rings (SSSR count). The third-order valence-electron chi connectivity index (χ3n) is 6.66. The minimum absolute atomic E-state index is 0.245. The van der Waals surface area contributed by atoms with E-state index in [0.717, 1.165) is 16.7 Å². The number of hydrogen-bond donors (Lipinski definition) is 0. The van der Waals surface area contributed by atoms with Crippen molar-refractivity contribution in [1.29, 1.82) is 0 Å². The van der Waals surface area contributed by atoms with E-state index in [2.05, 4.69) is 4.99 Å². The number of carbonyl (C=O) groups excluding carboxylic acids is 1. The summed E-state index contributed by atoms with van der Waals surface area (Å²) in [6.07, 6.45) is 1.49. The summed E-state index contributed by atoms with van der Waals surface area (Å²) in [7, 11) is 0. The van der Waals surface area contributed by atoms with Crippen LogP contribution in [0, 0.1) is 0 Å². The highest BCUT2D eigenvalue weighted by atomic mass is 35.5. The zero-order valence-electron chi connectivity index (χ0n) is 24.1. The topological polar surface area (TPSA) is 79.1 Å². The van der Waals surface area contributed by atoms with Gasteiger partial charge in [-0.25, -0.2) is 9.79 Å². The Morgan fingerprint density at radius 1 is 1.00 bits per heavy atom. The first-order chi connectivity index (χ1) is 20.6. The van der Waals surface area contributed by atoms with E-state index in [1.54, 1.807) is 37.5 Å². The van der Waals surface area contributed by atoms with Crippen LogP contribution in [0.5, 0.6) is 11.5 Å². The van der Waals surface area contributed by atoms with Crippen LogP contribution in [-0.4, -0.2) is 23.2 Å². The molecule has 2 heterocycles. The number of allylic oxidation sites excluding steroid dienone is 1. The summed E-state index contributed by atoms with van der Waals surface area (Å²) >= 11 is 13.4. The van der Waals surface area contributed by atoms with Crippen LogP contribution < -0.4 is 24.4 Å². The van der Waals surface area contributed by atoms with Gasteiger partial charge in [0.2, 0.25) is 0 Å². The monoisotopic (exact) mass is 636 g/mol. The molecule has 0 saturated carbocycles. The Labute approximate surface area is 263 Å². The lowest BCUT2D eigenvalue weighted by Crippen LogP contribution is -2.40. The molecule has 0 saturated heterocycles. The van der Waals surface area contributed by atoms with Gasteiger partial charge in [-0.2, -0.15) is 0 Å². The van der Waals surface area contributed by atoms with Crippen LogP contribution in [-0.2, 0) is 16.1 Å². The first-order valence-corrected chi connectivity index (χ1v) is 15.3. The van der Waals surface area contributed by atoms with Crippen LogP contribution in [0.1, 0.15) is 50.4 Å². The minimum Gasteiger partial charge on any atom is -0.494 e. The molecular formula is C33H30Cl2N2O5S. The van der Waals surface area contributed by atoms with E-state index < -0.39 is 12.0 Å². The van der Waals surface area contributed by atoms with E-state index in [1.165, 1.54) is 11.3 Å². The van der Waals surface area contributed by atoms with Crippen molar-refractivity contribution in [2.24, 2.45) is 4.99 Å². The normalized spacial score (nSPS) is 14.9. The molecular weight excluding hydrogens is 607 g/mol. The second-order valence-corrected chi connectivity index (χ2v) is 12.0. The number of esters is 1. The van der Waals surface area contributed by atoms with Gasteiger partial charge < -0.3 is 14.2 Å². The van der Waals surface area contributed by atoms with Crippen molar-refractivity contribution in [3.63, 3.8) is 0 Å². The summed E-state index contributed by atoms with van der Waals surface area (Å²) in [6, 6.07) is 19.5. The molecule has 1 aliphatic heterocycles. The van der Waals surface area contributed by atoms with Crippen LogP contribution in [0.4, 0.5) is 0 Å². The smallest absolute Gasteiger partial charge is 0.338 e. The maximum atomic E-state index is 13.9. The molecule has 1 aliphatic rings. The van der Waals surface area contributed by atoms with Gasteiger partial charge in [-0.1, -0.05) is 64.9 Å². The Morgan fingerprint density at radius 2 is 1.67 bits per heavy atom. The van der Waals surface area contributed by atoms with Gasteiger partial charge in [0, 0.05) is 0 Å². The molecule has 0 N–H and O–H groups in total. The molecule has 0 spiro atoms. The molecule has 1 aromatic heterocycles. The van der Waals surface area contributed by atoms with Crippen LogP contribution in [0.25, 0.3) is 6.08 Å². The number of thiazole rings is 1. The van der Waals surface area contributed by atoms with Crippen molar-refractivity contribution in [2.75, 3.05) is 6.61 Å². The van der Waals surface area contributed by atoms with Gasteiger partial charge in [0.25, 0.3) is 5.56 Å². The molecule has 222 valence electrons. The zero-order valence-corrected chi connectivity index (χ0v) is 26.4. The van der Waals surface area contributed by atoms with E-state index >= 15 is 0 Å². The van der Waals surface area contributed by atoms with Crippen molar-refractivity contribution >= 4 is 46.6 Å². The van der Waals surface area contributed by atoms with Gasteiger partial charge in [0.15, 0.2) is 4.80 Å². The fourth-order valence-electron chi connectivity index (χ4n) is 4.70. The number of carbonyl (C=O) groups is 1. The number of ether oxygens (including phenoxy) is 3. The van der Waals surface area contributed by atoms with Gasteiger partial charge in [-0.3, -0.25) is 9.36 Å². The number of fused-ring (bicyclic) bond motifs is 1. The van der Waals surface area contributed by atoms with E-state index in [-0.39, 0.29) is 11.7 Å². The van der Waals surface area contributed by atoms with E-state index in [1.807, 2.05) is 67.6 Å². The Morgan fingerprint density at radius 3 is 2.33 bits per heavy atom. The molecule has 43 heavy (non-hydrogen) atoms.